The van der Waals surface area contributed by atoms with E-state index in [1.165, 1.54) is 0 Å². The first kappa shape index (κ1) is 15.8. The summed E-state index contributed by atoms with van der Waals surface area (Å²) < 4.78 is 5.69. The smallest absolute Gasteiger partial charge is 0.120 e. The van der Waals surface area contributed by atoms with Crippen molar-refractivity contribution < 1.29 is 9.84 Å². The number of hydrogen-bond acceptors (Lipinski definition) is 3. The molecule has 0 heterocycles. The van der Waals surface area contributed by atoms with Gasteiger partial charge in [-0.2, -0.15) is 0 Å². The predicted molar refractivity (Wildman–Crippen MR) is 88.1 cm³/mol. The van der Waals surface area contributed by atoms with E-state index in [0.29, 0.717) is 6.61 Å². The third-order valence-corrected chi connectivity index (χ3v) is 4.07. The maximum Gasteiger partial charge on any atom is 0.120 e. The van der Waals surface area contributed by atoms with Crippen LogP contribution in [0, 0.1) is 11.8 Å². The van der Waals surface area contributed by atoms with Gasteiger partial charge in [0.25, 0.3) is 0 Å². The zero-order valence-electron chi connectivity index (χ0n) is 11.4. The molecule has 0 aliphatic carbocycles. The molecule has 0 amide bonds. The molecule has 0 aliphatic heterocycles. The summed E-state index contributed by atoms with van der Waals surface area (Å²) in [4.78, 5) is 1.06. The molecule has 0 aromatic heterocycles. The maximum atomic E-state index is 8.68. The Morgan fingerprint density at radius 2 is 2.00 bits per heavy atom. The highest BCUT2D eigenvalue weighted by atomic mass is 35.5. The minimum absolute atomic E-state index is 0.139. The van der Waals surface area contributed by atoms with E-state index in [-0.39, 0.29) is 6.61 Å². The van der Waals surface area contributed by atoms with Crippen LogP contribution in [0.25, 0.3) is 0 Å². The van der Waals surface area contributed by atoms with Gasteiger partial charge in [0.15, 0.2) is 0 Å². The topological polar surface area (TPSA) is 29.5 Å². The number of rotatable bonds is 5. The van der Waals surface area contributed by atoms with Crippen LogP contribution in [0.4, 0.5) is 0 Å². The van der Waals surface area contributed by atoms with Crippen molar-refractivity contribution in [3.63, 3.8) is 0 Å². The van der Waals surface area contributed by atoms with Crippen molar-refractivity contribution in [3.05, 3.63) is 59.1 Å². The molecule has 0 saturated carbocycles. The van der Waals surface area contributed by atoms with Crippen molar-refractivity contribution in [2.24, 2.45) is 0 Å². The highest BCUT2D eigenvalue weighted by Crippen LogP contribution is 2.26. The first-order chi connectivity index (χ1) is 10.3. The van der Waals surface area contributed by atoms with Gasteiger partial charge in [-0.05, 0) is 30.3 Å². The van der Waals surface area contributed by atoms with Gasteiger partial charge < -0.3 is 9.84 Å². The Bertz CT molecular complexity index is 646. The number of benzene rings is 2. The van der Waals surface area contributed by atoms with Crippen molar-refractivity contribution >= 4 is 23.4 Å². The number of aliphatic hydroxyl groups excluding tert-OH is 1. The summed E-state index contributed by atoms with van der Waals surface area (Å²) >= 11 is 7.76. The number of halogens is 1. The first-order valence-electron chi connectivity index (χ1n) is 6.49. The summed E-state index contributed by atoms with van der Waals surface area (Å²) in [6.45, 7) is 0.451. The van der Waals surface area contributed by atoms with Crippen LogP contribution in [-0.4, -0.2) is 24.1 Å². The fourth-order valence-corrected chi connectivity index (χ4v) is 2.74. The SMILES string of the molecule is OCC#Cc1cccc(OCCSc2ccccc2Cl)c1. The lowest BCUT2D eigenvalue weighted by Crippen LogP contribution is -2.00. The molecular weight excluding hydrogens is 304 g/mol. The van der Waals surface area contributed by atoms with E-state index < -0.39 is 0 Å². The molecule has 0 bridgehead atoms. The lowest BCUT2D eigenvalue weighted by atomic mass is 10.2. The molecule has 0 saturated heterocycles. The Kier molecular flexibility index (Phi) is 6.49. The molecule has 0 atom stereocenters. The fourth-order valence-electron chi connectivity index (χ4n) is 1.68. The van der Waals surface area contributed by atoms with Crippen LogP contribution in [0.2, 0.25) is 5.02 Å². The molecule has 2 aromatic rings. The zero-order valence-corrected chi connectivity index (χ0v) is 13.0. The van der Waals surface area contributed by atoms with Gasteiger partial charge in [-0.25, -0.2) is 0 Å². The second kappa shape index (κ2) is 8.63. The van der Waals surface area contributed by atoms with Crippen molar-refractivity contribution in [2.45, 2.75) is 4.90 Å². The zero-order chi connectivity index (χ0) is 14.9. The Balaban J connectivity index is 1.82. The summed E-state index contributed by atoms with van der Waals surface area (Å²) in [5, 5.41) is 9.45. The Labute approximate surface area is 134 Å². The van der Waals surface area contributed by atoms with E-state index in [9.17, 15) is 0 Å². The number of ether oxygens (including phenoxy) is 1. The van der Waals surface area contributed by atoms with E-state index >= 15 is 0 Å². The van der Waals surface area contributed by atoms with Gasteiger partial charge in [0.2, 0.25) is 0 Å². The van der Waals surface area contributed by atoms with E-state index in [1.54, 1.807) is 11.8 Å². The van der Waals surface area contributed by atoms with E-state index in [4.69, 9.17) is 21.4 Å². The van der Waals surface area contributed by atoms with Crippen molar-refractivity contribution in [1.82, 2.24) is 0 Å². The fraction of sp³-hybridized carbons (Fsp3) is 0.176. The summed E-state index contributed by atoms with van der Waals surface area (Å²) in [5.41, 5.74) is 0.834. The second-order valence-electron chi connectivity index (χ2n) is 4.12. The standard InChI is InChI=1S/C17H15ClO2S/c18-16-8-1-2-9-17(16)21-12-11-20-15-7-3-5-14(13-15)6-4-10-19/h1-3,5,7-9,13,19H,10-12H2. The Morgan fingerprint density at radius 1 is 1.14 bits per heavy atom. The van der Waals surface area contributed by atoms with Crippen LogP contribution in [0.1, 0.15) is 5.56 Å². The molecule has 2 rings (SSSR count). The van der Waals surface area contributed by atoms with Crippen molar-refractivity contribution in [1.29, 1.82) is 0 Å². The minimum atomic E-state index is -0.139. The van der Waals surface area contributed by atoms with Gasteiger partial charge in [-0.15, -0.1) is 11.8 Å². The van der Waals surface area contributed by atoms with Crippen LogP contribution >= 0.6 is 23.4 Å². The molecule has 108 valence electrons. The maximum absolute atomic E-state index is 8.68. The highest BCUT2D eigenvalue weighted by molar-refractivity contribution is 7.99. The van der Waals surface area contributed by atoms with E-state index in [2.05, 4.69) is 11.8 Å². The van der Waals surface area contributed by atoms with Crippen molar-refractivity contribution in [3.8, 4) is 17.6 Å². The van der Waals surface area contributed by atoms with Crippen LogP contribution < -0.4 is 4.74 Å². The quantitative estimate of drug-likeness (QED) is 0.516. The summed E-state index contributed by atoms with van der Waals surface area (Å²) in [7, 11) is 0. The second-order valence-corrected chi connectivity index (χ2v) is 5.66. The van der Waals surface area contributed by atoms with Crippen LogP contribution in [-0.2, 0) is 0 Å². The van der Waals surface area contributed by atoms with E-state index in [0.717, 1.165) is 27.0 Å². The Hall–Kier alpha value is -1.60. The van der Waals surface area contributed by atoms with E-state index in [1.807, 2.05) is 48.5 Å². The van der Waals surface area contributed by atoms with Gasteiger partial charge >= 0.3 is 0 Å². The summed E-state index contributed by atoms with van der Waals surface area (Å²) in [6.07, 6.45) is 0. The average Bonchev–Trinajstić information content (AvgIpc) is 2.51. The molecule has 0 unspecified atom stereocenters. The Morgan fingerprint density at radius 3 is 2.81 bits per heavy atom. The molecule has 1 N–H and O–H groups in total. The molecule has 4 heteroatoms. The predicted octanol–water partition coefficient (Wildman–Crippen LogP) is 3.85. The normalized spacial score (nSPS) is 9.81. The number of aliphatic hydroxyl groups is 1. The number of hydrogen-bond donors (Lipinski definition) is 1. The molecule has 21 heavy (non-hydrogen) atoms. The number of thioether (sulfide) groups is 1. The molecule has 2 aromatic carbocycles. The molecule has 0 aliphatic rings. The van der Waals surface area contributed by atoms with Gasteiger partial charge in [0.05, 0.1) is 11.6 Å². The van der Waals surface area contributed by atoms with Crippen LogP contribution in [0.3, 0.4) is 0 Å². The molecule has 0 radical (unpaired) electrons. The van der Waals surface area contributed by atoms with Crippen LogP contribution in [0.5, 0.6) is 5.75 Å². The van der Waals surface area contributed by atoms with Gasteiger partial charge in [0.1, 0.15) is 12.4 Å². The highest BCUT2D eigenvalue weighted by Gasteiger charge is 2.00. The molecule has 0 fully saturated rings. The molecular formula is C17H15ClO2S. The monoisotopic (exact) mass is 318 g/mol. The third-order valence-electron chi connectivity index (χ3n) is 2.59. The lowest BCUT2D eigenvalue weighted by molar-refractivity contribution is 0.344. The average molecular weight is 319 g/mol. The van der Waals surface area contributed by atoms with Gasteiger partial charge in [0, 0.05) is 16.2 Å². The summed E-state index contributed by atoms with van der Waals surface area (Å²) in [6, 6.07) is 15.3. The minimum Gasteiger partial charge on any atom is -0.493 e. The molecule has 0 spiro atoms. The summed E-state index contributed by atoms with van der Waals surface area (Å²) in [5.74, 6) is 7.07. The van der Waals surface area contributed by atoms with Gasteiger partial charge in [-0.1, -0.05) is 41.6 Å². The third kappa shape index (κ3) is 5.35. The first-order valence-corrected chi connectivity index (χ1v) is 7.86. The van der Waals surface area contributed by atoms with Gasteiger partial charge in [-0.3, -0.25) is 0 Å². The lowest BCUT2D eigenvalue weighted by Gasteiger charge is -2.07. The largest absolute Gasteiger partial charge is 0.493 e. The van der Waals surface area contributed by atoms with Crippen molar-refractivity contribution in [2.75, 3.05) is 19.0 Å². The molecule has 2 nitrogen and oxygen atoms in total. The van der Waals surface area contributed by atoms with Crippen LogP contribution in [0.15, 0.2) is 53.4 Å².